The zero-order valence-corrected chi connectivity index (χ0v) is 12.7. The molecule has 1 aliphatic heterocycles. The summed E-state index contributed by atoms with van der Waals surface area (Å²) in [5, 5.41) is 25.9. The minimum absolute atomic E-state index is 0.0742. The molecule has 0 spiro atoms. The summed E-state index contributed by atoms with van der Waals surface area (Å²) in [6.07, 6.45) is 4.05. The summed E-state index contributed by atoms with van der Waals surface area (Å²) in [5.74, 6) is -0.349. The van der Waals surface area contributed by atoms with Gasteiger partial charge in [-0.2, -0.15) is 10.1 Å². The summed E-state index contributed by atoms with van der Waals surface area (Å²) in [7, 11) is 0. The van der Waals surface area contributed by atoms with E-state index in [1.165, 1.54) is 24.3 Å². The Morgan fingerprint density at radius 3 is 2.48 bits per heavy atom. The fraction of sp³-hybridized carbons (Fsp3) is 0.235. The Bertz CT molecular complexity index is 743. The van der Waals surface area contributed by atoms with Crippen molar-refractivity contribution < 1.29 is 15.0 Å². The first-order chi connectivity index (χ1) is 11.0. The normalized spacial score (nSPS) is 20.4. The first-order valence-corrected chi connectivity index (χ1v) is 7.37. The van der Waals surface area contributed by atoms with Gasteiger partial charge >= 0.3 is 0 Å². The van der Waals surface area contributed by atoms with Crippen molar-refractivity contribution in [3.63, 3.8) is 0 Å². The molecule has 0 saturated carbocycles. The third-order valence-corrected chi connectivity index (χ3v) is 3.90. The molecular weight excluding hydrogens is 294 g/mol. The van der Waals surface area contributed by atoms with Crippen molar-refractivity contribution in [1.82, 2.24) is 9.99 Å². The van der Waals surface area contributed by atoms with E-state index in [1.54, 1.807) is 24.5 Å². The van der Waals surface area contributed by atoms with Crippen LogP contribution in [-0.2, 0) is 5.72 Å². The van der Waals surface area contributed by atoms with E-state index in [-0.39, 0.29) is 12.2 Å². The topological polar surface area (TPSA) is 86.0 Å². The Hall–Kier alpha value is -2.73. The largest absolute Gasteiger partial charge is 0.508 e. The Morgan fingerprint density at radius 1 is 1.22 bits per heavy atom. The van der Waals surface area contributed by atoms with Crippen molar-refractivity contribution in [1.29, 1.82) is 0 Å². The van der Waals surface area contributed by atoms with Crippen LogP contribution in [-0.4, -0.2) is 31.8 Å². The minimum Gasteiger partial charge on any atom is -0.508 e. The number of pyridine rings is 1. The molecule has 2 aromatic rings. The monoisotopic (exact) mass is 311 g/mol. The van der Waals surface area contributed by atoms with Gasteiger partial charge < -0.3 is 10.2 Å². The summed E-state index contributed by atoms with van der Waals surface area (Å²) in [5.41, 5.74) is 0.128. The number of aromatic nitrogens is 1. The number of aliphatic hydroxyl groups is 1. The van der Waals surface area contributed by atoms with Crippen LogP contribution in [0.4, 0.5) is 0 Å². The Morgan fingerprint density at radius 2 is 1.87 bits per heavy atom. The van der Waals surface area contributed by atoms with Gasteiger partial charge in [0.2, 0.25) is 0 Å². The maximum Gasteiger partial charge on any atom is 0.276 e. The molecule has 2 N–H and O–H groups in total. The summed E-state index contributed by atoms with van der Waals surface area (Å²) >= 11 is 0. The van der Waals surface area contributed by atoms with Gasteiger partial charge in [-0.1, -0.05) is 6.92 Å². The number of benzene rings is 1. The molecule has 0 radical (unpaired) electrons. The zero-order chi connectivity index (χ0) is 16.4. The molecule has 1 aromatic carbocycles. The number of rotatable bonds is 3. The number of carbonyl (C=O) groups is 1. The highest BCUT2D eigenvalue weighted by Gasteiger charge is 2.45. The lowest BCUT2D eigenvalue weighted by molar-refractivity contribution is -0.0766. The molecule has 1 aliphatic rings. The van der Waals surface area contributed by atoms with E-state index in [1.807, 2.05) is 6.92 Å². The molecule has 0 saturated heterocycles. The van der Waals surface area contributed by atoms with Gasteiger partial charge in [-0.25, -0.2) is 0 Å². The predicted octanol–water partition coefficient (Wildman–Crippen LogP) is 2.24. The van der Waals surface area contributed by atoms with E-state index in [2.05, 4.69) is 10.1 Å². The first kappa shape index (κ1) is 15.2. The first-order valence-electron chi connectivity index (χ1n) is 7.37. The van der Waals surface area contributed by atoms with E-state index >= 15 is 0 Å². The number of aromatic hydroxyl groups is 1. The quantitative estimate of drug-likeness (QED) is 0.910. The fourth-order valence-corrected chi connectivity index (χ4v) is 2.60. The van der Waals surface area contributed by atoms with Crippen LogP contribution < -0.4 is 0 Å². The second-order valence-corrected chi connectivity index (χ2v) is 5.41. The third kappa shape index (κ3) is 2.68. The lowest BCUT2D eigenvalue weighted by Gasteiger charge is -2.31. The third-order valence-electron chi connectivity index (χ3n) is 3.90. The number of carbonyl (C=O) groups excluding carboxylic acids is 1. The van der Waals surface area contributed by atoms with E-state index in [4.69, 9.17) is 0 Å². The molecule has 23 heavy (non-hydrogen) atoms. The maximum absolute atomic E-state index is 12.8. The summed E-state index contributed by atoms with van der Waals surface area (Å²) in [6.45, 7) is 1.93. The van der Waals surface area contributed by atoms with Gasteiger partial charge in [-0.3, -0.25) is 9.78 Å². The highest BCUT2D eigenvalue weighted by molar-refractivity contribution is 5.98. The van der Waals surface area contributed by atoms with Gasteiger partial charge in [0.25, 0.3) is 5.91 Å². The van der Waals surface area contributed by atoms with Crippen LogP contribution in [0.3, 0.4) is 0 Å². The van der Waals surface area contributed by atoms with E-state index in [0.717, 1.165) is 10.7 Å². The number of nitrogens with zero attached hydrogens (tertiary/aromatic N) is 3. The van der Waals surface area contributed by atoms with Crippen LogP contribution in [0.1, 0.15) is 35.7 Å². The second-order valence-electron chi connectivity index (χ2n) is 5.41. The smallest absolute Gasteiger partial charge is 0.276 e. The van der Waals surface area contributed by atoms with Crippen molar-refractivity contribution in [2.24, 2.45) is 5.10 Å². The molecule has 0 fully saturated rings. The van der Waals surface area contributed by atoms with Crippen molar-refractivity contribution in [2.45, 2.75) is 25.5 Å². The Kier molecular flexibility index (Phi) is 3.83. The second kappa shape index (κ2) is 5.81. The van der Waals surface area contributed by atoms with Crippen molar-refractivity contribution >= 4 is 11.6 Å². The van der Waals surface area contributed by atoms with Gasteiger partial charge in [-0.05, 0) is 42.8 Å². The Balaban J connectivity index is 2.01. The van der Waals surface area contributed by atoms with Crippen molar-refractivity contribution in [3.05, 3.63) is 59.9 Å². The minimum atomic E-state index is -1.52. The van der Waals surface area contributed by atoms with Crippen LogP contribution in [0.15, 0.2) is 53.9 Å². The molecule has 118 valence electrons. The highest BCUT2D eigenvalue weighted by Crippen LogP contribution is 2.36. The number of hydrazone groups is 1. The van der Waals surface area contributed by atoms with Crippen LogP contribution >= 0.6 is 0 Å². The number of hydrogen-bond donors (Lipinski definition) is 2. The molecule has 2 heterocycles. The lowest BCUT2D eigenvalue weighted by Crippen LogP contribution is -2.43. The van der Waals surface area contributed by atoms with Crippen LogP contribution in [0.2, 0.25) is 0 Å². The van der Waals surface area contributed by atoms with Crippen LogP contribution in [0.5, 0.6) is 5.75 Å². The molecule has 0 unspecified atom stereocenters. The lowest BCUT2D eigenvalue weighted by atomic mass is 9.97. The van der Waals surface area contributed by atoms with Crippen molar-refractivity contribution in [3.8, 4) is 5.75 Å². The number of phenolic OH excluding ortho intramolecular Hbond substituents is 1. The number of phenols is 1. The molecule has 0 bridgehead atoms. The van der Waals surface area contributed by atoms with Crippen LogP contribution in [0, 0.1) is 0 Å². The Labute approximate surface area is 133 Å². The standard InChI is InChI=1S/C17H17N3O3/c1-2-14-11-17(23,13-7-9-18-10-8-13)20(19-14)16(22)12-3-5-15(21)6-4-12/h3-10,21,23H,2,11H2,1H3/t17-/m0/s1. The van der Waals surface area contributed by atoms with Crippen LogP contribution in [0.25, 0.3) is 0 Å². The SMILES string of the molecule is CCC1=NN(C(=O)c2ccc(O)cc2)[C@@](O)(c2ccncc2)C1. The molecule has 1 aromatic heterocycles. The van der Waals surface area contributed by atoms with E-state index in [9.17, 15) is 15.0 Å². The summed E-state index contributed by atoms with van der Waals surface area (Å²) in [6, 6.07) is 9.21. The summed E-state index contributed by atoms with van der Waals surface area (Å²) < 4.78 is 0. The average molecular weight is 311 g/mol. The molecule has 3 rings (SSSR count). The fourth-order valence-electron chi connectivity index (χ4n) is 2.60. The molecular formula is C17H17N3O3. The van der Waals surface area contributed by atoms with Gasteiger partial charge in [-0.15, -0.1) is 0 Å². The molecule has 1 atom stereocenters. The number of amides is 1. The van der Waals surface area contributed by atoms with Gasteiger partial charge in [0, 0.05) is 35.7 Å². The number of hydrogen-bond acceptors (Lipinski definition) is 5. The van der Waals surface area contributed by atoms with Crippen molar-refractivity contribution in [2.75, 3.05) is 0 Å². The molecule has 1 amide bonds. The van der Waals surface area contributed by atoms with Gasteiger partial charge in [0.15, 0.2) is 5.72 Å². The zero-order valence-electron chi connectivity index (χ0n) is 12.7. The van der Waals surface area contributed by atoms with E-state index < -0.39 is 11.6 Å². The summed E-state index contributed by atoms with van der Waals surface area (Å²) in [4.78, 5) is 16.7. The van der Waals surface area contributed by atoms with Gasteiger partial charge in [0.05, 0.1) is 0 Å². The molecule has 6 heteroatoms. The maximum atomic E-state index is 12.8. The van der Waals surface area contributed by atoms with Gasteiger partial charge in [0.1, 0.15) is 5.75 Å². The molecule has 6 nitrogen and oxygen atoms in total. The van der Waals surface area contributed by atoms with E-state index in [0.29, 0.717) is 17.5 Å². The predicted molar refractivity (Wildman–Crippen MR) is 84.8 cm³/mol. The molecule has 0 aliphatic carbocycles. The highest BCUT2D eigenvalue weighted by atomic mass is 16.3. The average Bonchev–Trinajstić information content (AvgIpc) is 2.94.